The first-order valence-electron chi connectivity index (χ1n) is 7.83. The summed E-state index contributed by atoms with van der Waals surface area (Å²) in [6, 6.07) is 1.97. The highest BCUT2D eigenvalue weighted by Gasteiger charge is 2.09. The van der Waals surface area contributed by atoms with Gasteiger partial charge in [0.05, 0.1) is 12.2 Å². The lowest BCUT2D eigenvalue weighted by Gasteiger charge is -2.09. The van der Waals surface area contributed by atoms with E-state index in [9.17, 15) is 0 Å². The van der Waals surface area contributed by atoms with Crippen LogP contribution in [0.15, 0.2) is 15.6 Å². The summed E-state index contributed by atoms with van der Waals surface area (Å²) in [5.74, 6) is 3.54. The molecular weight excluding hydrogens is 294 g/mol. The lowest BCUT2D eigenvalue weighted by molar-refractivity contribution is 0.372. The molecule has 0 fully saturated rings. The molecule has 0 aliphatic heterocycles. The number of nitrogens with one attached hydrogen (secondary N) is 2. The second kappa shape index (κ2) is 7.75. The molecule has 0 amide bonds. The molecule has 0 saturated carbocycles. The van der Waals surface area contributed by atoms with Crippen LogP contribution < -0.4 is 10.6 Å². The minimum absolute atomic E-state index is 0.355. The van der Waals surface area contributed by atoms with Crippen molar-refractivity contribution < 1.29 is 4.52 Å². The fourth-order valence-electron chi connectivity index (χ4n) is 1.94. The van der Waals surface area contributed by atoms with Crippen molar-refractivity contribution in [2.24, 2.45) is 12.0 Å². The fourth-order valence-corrected chi connectivity index (χ4v) is 1.94. The Hall–Kier alpha value is -2.38. The molecule has 0 bridgehead atoms. The first kappa shape index (κ1) is 17.0. The second-order valence-electron chi connectivity index (χ2n) is 5.64. The van der Waals surface area contributed by atoms with E-state index >= 15 is 0 Å². The smallest absolute Gasteiger partial charge is 0.192 e. The maximum atomic E-state index is 5.32. The number of guanidine groups is 1. The van der Waals surface area contributed by atoms with Crippen LogP contribution in [0, 0.1) is 6.92 Å². The molecule has 2 heterocycles. The van der Waals surface area contributed by atoms with E-state index in [0.717, 1.165) is 29.6 Å². The molecule has 0 unspecified atom stereocenters. The van der Waals surface area contributed by atoms with Crippen LogP contribution >= 0.6 is 0 Å². The molecule has 8 heteroatoms. The summed E-state index contributed by atoms with van der Waals surface area (Å²) >= 11 is 0. The van der Waals surface area contributed by atoms with Crippen LogP contribution in [0.2, 0.25) is 0 Å². The predicted octanol–water partition coefficient (Wildman–Crippen LogP) is 1.49. The van der Waals surface area contributed by atoms with E-state index in [1.807, 2.05) is 31.5 Å². The molecule has 2 N–H and O–H groups in total. The third kappa shape index (κ3) is 4.54. The number of hydrogen-bond acceptors (Lipinski definition) is 5. The molecule has 0 radical (unpaired) electrons. The summed E-state index contributed by atoms with van der Waals surface area (Å²) in [5, 5.41) is 18.6. The predicted molar refractivity (Wildman–Crippen MR) is 88.0 cm³/mol. The molecule has 126 valence electrons. The topological polar surface area (TPSA) is 93.2 Å². The average molecular weight is 319 g/mol. The maximum Gasteiger partial charge on any atom is 0.192 e. The summed E-state index contributed by atoms with van der Waals surface area (Å²) < 4.78 is 7.25. The molecular formula is C15H25N7O. The van der Waals surface area contributed by atoms with Gasteiger partial charge in [-0.2, -0.15) is 0 Å². The normalized spacial score (nSPS) is 12.0. The van der Waals surface area contributed by atoms with Crippen LogP contribution in [0.1, 0.15) is 49.8 Å². The van der Waals surface area contributed by atoms with Gasteiger partial charge in [0.1, 0.15) is 12.4 Å². The highest BCUT2D eigenvalue weighted by molar-refractivity contribution is 5.79. The quantitative estimate of drug-likeness (QED) is 0.619. The molecule has 0 aromatic carbocycles. The molecule has 0 aliphatic rings. The molecule has 2 aromatic heterocycles. The van der Waals surface area contributed by atoms with E-state index in [-0.39, 0.29) is 0 Å². The summed E-state index contributed by atoms with van der Waals surface area (Å²) in [6.07, 6.45) is 0. The summed E-state index contributed by atoms with van der Waals surface area (Å²) in [5.41, 5.74) is 0.957. The third-order valence-electron chi connectivity index (χ3n) is 3.50. The van der Waals surface area contributed by atoms with E-state index in [1.54, 1.807) is 0 Å². The largest absolute Gasteiger partial charge is 0.359 e. The van der Waals surface area contributed by atoms with Gasteiger partial charge in [-0.3, -0.25) is 0 Å². The van der Waals surface area contributed by atoms with E-state index in [4.69, 9.17) is 4.52 Å². The number of aromatic nitrogens is 4. The number of aryl methyl sites for hydroxylation is 1. The van der Waals surface area contributed by atoms with Crippen LogP contribution in [-0.4, -0.2) is 32.4 Å². The van der Waals surface area contributed by atoms with Crippen LogP contribution in [0.4, 0.5) is 0 Å². The lowest BCUT2D eigenvalue weighted by atomic mass is 10.1. The lowest BCUT2D eigenvalue weighted by Crippen LogP contribution is -2.36. The molecule has 0 aliphatic carbocycles. The number of hydrogen-bond donors (Lipinski definition) is 2. The highest BCUT2D eigenvalue weighted by atomic mass is 16.5. The Morgan fingerprint density at radius 1 is 1.35 bits per heavy atom. The number of rotatable bonds is 6. The van der Waals surface area contributed by atoms with Gasteiger partial charge in [-0.15, -0.1) is 10.2 Å². The van der Waals surface area contributed by atoms with Crippen LogP contribution in [0.5, 0.6) is 0 Å². The van der Waals surface area contributed by atoms with Gasteiger partial charge in [0, 0.05) is 19.7 Å². The maximum absolute atomic E-state index is 5.32. The van der Waals surface area contributed by atoms with Crippen molar-refractivity contribution in [3.63, 3.8) is 0 Å². The van der Waals surface area contributed by atoms with E-state index in [1.165, 1.54) is 0 Å². The summed E-state index contributed by atoms with van der Waals surface area (Å²) in [6.45, 7) is 9.88. The van der Waals surface area contributed by atoms with Gasteiger partial charge in [0.25, 0.3) is 0 Å². The summed E-state index contributed by atoms with van der Waals surface area (Å²) in [4.78, 5) is 4.52. The van der Waals surface area contributed by atoms with Crippen LogP contribution in [-0.2, 0) is 20.1 Å². The zero-order valence-electron chi connectivity index (χ0n) is 14.4. The molecule has 2 aromatic rings. The standard InChI is InChI=1S/C15H25N7O/c1-6-16-15(18-9-14-20-19-11(4)22(14)5)17-8-12-7-13(10(2)3)21-23-12/h7,10H,6,8-9H2,1-5H3,(H2,16,17,18). The molecule has 0 atom stereocenters. The van der Waals surface area contributed by atoms with Gasteiger partial charge < -0.3 is 19.7 Å². The average Bonchev–Trinajstić information content (AvgIpc) is 3.11. The van der Waals surface area contributed by atoms with E-state index in [2.05, 4.69) is 44.8 Å². The van der Waals surface area contributed by atoms with E-state index < -0.39 is 0 Å². The Bertz CT molecular complexity index is 657. The van der Waals surface area contributed by atoms with Crippen LogP contribution in [0.3, 0.4) is 0 Å². The molecule has 0 spiro atoms. The zero-order valence-corrected chi connectivity index (χ0v) is 14.4. The van der Waals surface area contributed by atoms with Crippen molar-refractivity contribution in [2.45, 2.75) is 46.7 Å². The second-order valence-corrected chi connectivity index (χ2v) is 5.64. The molecule has 23 heavy (non-hydrogen) atoms. The van der Waals surface area contributed by atoms with Crippen molar-refractivity contribution in [3.05, 3.63) is 29.2 Å². The fraction of sp³-hybridized carbons (Fsp3) is 0.600. The number of aliphatic imine (C=N–C) groups is 1. The van der Waals surface area contributed by atoms with Crippen molar-refractivity contribution in [1.29, 1.82) is 0 Å². The van der Waals surface area contributed by atoms with Crippen molar-refractivity contribution in [2.75, 3.05) is 6.54 Å². The Balaban J connectivity index is 1.97. The monoisotopic (exact) mass is 319 g/mol. The van der Waals surface area contributed by atoms with Crippen LogP contribution in [0.25, 0.3) is 0 Å². The van der Waals surface area contributed by atoms with Gasteiger partial charge in [-0.05, 0) is 19.8 Å². The first-order valence-corrected chi connectivity index (χ1v) is 7.83. The molecule has 8 nitrogen and oxygen atoms in total. The highest BCUT2D eigenvalue weighted by Crippen LogP contribution is 2.13. The zero-order chi connectivity index (χ0) is 16.8. The van der Waals surface area contributed by atoms with E-state index in [0.29, 0.717) is 25.0 Å². The van der Waals surface area contributed by atoms with Gasteiger partial charge in [0.15, 0.2) is 17.5 Å². The minimum Gasteiger partial charge on any atom is -0.359 e. The Morgan fingerprint density at radius 3 is 2.70 bits per heavy atom. The molecule has 2 rings (SSSR count). The van der Waals surface area contributed by atoms with Crippen molar-refractivity contribution in [3.8, 4) is 0 Å². The van der Waals surface area contributed by atoms with Gasteiger partial charge in [-0.1, -0.05) is 19.0 Å². The van der Waals surface area contributed by atoms with Gasteiger partial charge in [-0.25, -0.2) is 4.99 Å². The molecule has 0 saturated heterocycles. The Kier molecular flexibility index (Phi) is 5.72. The van der Waals surface area contributed by atoms with Crippen molar-refractivity contribution in [1.82, 2.24) is 30.6 Å². The number of nitrogens with zero attached hydrogens (tertiary/aromatic N) is 5. The van der Waals surface area contributed by atoms with Gasteiger partial charge >= 0.3 is 0 Å². The van der Waals surface area contributed by atoms with Gasteiger partial charge in [0.2, 0.25) is 0 Å². The minimum atomic E-state index is 0.355. The Labute approximate surface area is 136 Å². The Morgan fingerprint density at radius 2 is 2.13 bits per heavy atom. The summed E-state index contributed by atoms with van der Waals surface area (Å²) in [7, 11) is 1.93. The SMILES string of the molecule is CCNC(=NCc1nnc(C)n1C)NCc1cc(C(C)C)no1. The first-order chi connectivity index (χ1) is 11.0. The van der Waals surface area contributed by atoms with Crippen molar-refractivity contribution >= 4 is 5.96 Å². The third-order valence-corrected chi connectivity index (χ3v) is 3.50.